The van der Waals surface area contributed by atoms with Gasteiger partial charge in [-0.2, -0.15) is 0 Å². The van der Waals surface area contributed by atoms with E-state index >= 15 is 0 Å². The molecule has 27 heavy (non-hydrogen) atoms. The van der Waals surface area contributed by atoms with Gasteiger partial charge >= 0.3 is 0 Å². The molecule has 0 spiro atoms. The molecule has 2 N–H and O–H groups in total. The highest BCUT2D eigenvalue weighted by molar-refractivity contribution is 7.80. The third-order valence-corrected chi connectivity index (χ3v) is 5.97. The molecule has 2 aromatic rings. The molecule has 6 heteroatoms. The van der Waals surface area contributed by atoms with Gasteiger partial charge in [-0.05, 0) is 47.2 Å². The molecule has 3 nitrogen and oxygen atoms in total. The summed E-state index contributed by atoms with van der Waals surface area (Å²) < 4.78 is 0. The van der Waals surface area contributed by atoms with Crippen LogP contribution in [-0.2, 0) is 4.79 Å². The monoisotopic (exact) mass is 420 g/mol. The number of rotatable bonds is 5. The van der Waals surface area contributed by atoms with Crippen LogP contribution in [0.4, 0.5) is 5.69 Å². The van der Waals surface area contributed by atoms with E-state index in [1.54, 1.807) is 6.07 Å². The van der Waals surface area contributed by atoms with Gasteiger partial charge in [0, 0.05) is 28.1 Å². The van der Waals surface area contributed by atoms with Crippen LogP contribution in [0.3, 0.4) is 0 Å². The Morgan fingerprint density at radius 2 is 1.93 bits per heavy atom. The molecule has 1 aliphatic rings. The van der Waals surface area contributed by atoms with Crippen LogP contribution >= 0.6 is 35.4 Å². The third kappa shape index (κ3) is 4.45. The van der Waals surface area contributed by atoms with E-state index in [0.717, 1.165) is 28.2 Å². The minimum atomic E-state index is -0.0364. The van der Waals surface area contributed by atoms with Crippen molar-refractivity contribution < 1.29 is 4.79 Å². The maximum Gasteiger partial charge on any atom is 0.211 e. The van der Waals surface area contributed by atoms with Crippen LogP contribution < -0.4 is 10.6 Å². The average Bonchev–Trinajstić information content (AvgIpc) is 2.62. The van der Waals surface area contributed by atoms with Crippen molar-refractivity contribution >= 4 is 52.5 Å². The summed E-state index contributed by atoms with van der Waals surface area (Å²) in [4.78, 5) is 12.0. The summed E-state index contributed by atoms with van der Waals surface area (Å²) in [6, 6.07) is 13.5. The smallest absolute Gasteiger partial charge is 0.211 e. The van der Waals surface area contributed by atoms with Crippen LogP contribution in [-0.4, -0.2) is 11.4 Å². The van der Waals surface area contributed by atoms with Crippen LogP contribution in [0.1, 0.15) is 43.4 Å². The molecule has 1 amide bonds. The summed E-state index contributed by atoms with van der Waals surface area (Å²) in [5, 5.41) is 7.59. The zero-order valence-electron chi connectivity index (χ0n) is 15.2. The second kappa shape index (κ2) is 8.59. The molecule has 0 saturated carbocycles. The molecule has 142 valence electrons. The first kappa shape index (κ1) is 20.1. The second-order valence-corrected chi connectivity index (χ2v) is 8.60. The van der Waals surface area contributed by atoms with Crippen molar-refractivity contribution in [3.63, 3.8) is 0 Å². The molecule has 0 radical (unpaired) electrons. The normalized spacial score (nSPS) is 22.4. The third-order valence-electron chi connectivity index (χ3n) is 5.21. The van der Waals surface area contributed by atoms with Gasteiger partial charge in [-0.25, -0.2) is 0 Å². The van der Waals surface area contributed by atoms with Crippen molar-refractivity contribution in [3.05, 3.63) is 63.6 Å². The number of piperidine rings is 1. The van der Waals surface area contributed by atoms with Crippen molar-refractivity contribution in [2.45, 2.75) is 32.2 Å². The number of thiocarbonyl (C=S) groups is 1. The Balaban J connectivity index is 2.16. The summed E-state index contributed by atoms with van der Waals surface area (Å²) >= 11 is 18.0. The molecule has 1 aliphatic heterocycles. The zero-order valence-corrected chi connectivity index (χ0v) is 17.5. The Kier molecular flexibility index (Phi) is 6.40. The summed E-state index contributed by atoms with van der Waals surface area (Å²) in [5.41, 5.74) is 2.85. The molecule has 0 unspecified atom stereocenters. The summed E-state index contributed by atoms with van der Waals surface area (Å²) in [6.45, 7) is 4.42. The van der Waals surface area contributed by atoms with Crippen molar-refractivity contribution in [2.24, 2.45) is 11.8 Å². The van der Waals surface area contributed by atoms with Gasteiger partial charge < -0.3 is 10.6 Å². The van der Waals surface area contributed by atoms with E-state index in [4.69, 9.17) is 35.4 Å². The Labute approximate surface area is 175 Å². The van der Waals surface area contributed by atoms with Crippen LogP contribution in [0.25, 0.3) is 0 Å². The Morgan fingerprint density at radius 1 is 1.19 bits per heavy atom. The summed E-state index contributed by atoms with van der Waals surface area (Å²) in [6.07, 6.45) is 1.49. The first-order valence-electron chi connectivity index (χ1n) is 8.95. The van der Waals surface area contributed by atoms with Gasteiger partial charge in [0.1, 0.15) is 0 Å². The van der Waals surface area contributed by atoms with E-state index in [0.29, 0.717) is 28.3 Å². The number of carbonyl (C=O) groups excluding carboxylic acids is 1. The first-order chi connectivity index (χ1) is 12.9. The second-order valence-electron chi connectivity index (χ2n) is 7.23. The number of halogens is 2. The lowest BCUT2D eigenvalue weighted by molar-refractivity contribution is -0.105. The van der Waals surface area contributed by atoms with Crippen molar-refractivity contribution in [2.75, 3.05) is 5.32 Å². The van der Waals surface area contributed by atoms with E-state index in [1.165, 1.54) is 0 Å². The van der Waals surface area contributed by atoms with E-state index in [2.05, 4.69) is 30.5 Å². The number of anilines is 1. The average molecular weight is 421 g/mol. The number of hydrogen-bond acceptors (Lipinski definition) is 2. The number of amides is 1. The number of benzene rings is 2. The molecule has 1 fully saturated rings. The standard InChI is InChI=1S/C21H22Cl2N2OS/c1-12(2)17-10-19(27)25-21(13-4-3-5-14(22)8-13)20(17)16-7-6-15(23)9-18(16)24-11-26/h3-9,11-12,17,20-21H,10H2,1-2H3,(H,24,26)(H,25,27)/t17-,20+,21+/m1/s1. The Hall–Kier alpha value is -1.62. The number of nitrogens with one attached hydrogen (secondary N) is 2. The fourth-order valence-electron chi connectivity index (χ4n) is 3.97. The molecule has 3 rings (SSSR count). The number of carbonyl (C=O) groups is 1. The van der Waals surface area contributed by atoms with Crippen molar-refractivity contribution in [3.8, 4) is 0 Å². The van der Waals surface area contributed by atoms with Gasteiger partial charge in [-0.1, -0.05) is 67.5 Å². The fourth-order valence-corrected chi connectivity index (χ4v) is 4.66. The van der Waals surface area contributed by atoms with Crippen molar-refractivity contribution in [1.29, 1.82) is 0 Å². The maximum atomic E-state index is 11.2. The van der Waals surface area contributed by atoms with Gasteiger partial charge in [0.05, 0.1) is 11.0 Å². The molecule has 1 heterocycles. The molecule has 3 atom stereocenters. The van der Waals surface area contributed by atoms with E-state index in [-0.39, 0.29) is 12.0 Å². The predicted octanol–water partition coefficient (Wildman–Crippen LogP) is 5.98. The van der Waals surface area contributed by atoms with E-state index < -0.39 is 0 Å². The highest BCUT2D eigenvalue weighted by atomic mass is 35.5. The first-order valence-corrected chi connectivity index (χ1v) is 10.1. The Morgan fingerprint density at radius 3 is 2.59 bits per heavy atom. The van der Waals surface area contributed by atoms with Gasteiger partial charge in [0.2, 0.25) is 6.41 Å². The Bertz CT molecular complexity index is 856. The number of hydrogen-bond donors (Lipinski definition) is 2. The lowest BCUT2D eigenvalue weighted by atomic mass is 9.69. The quantitative estimate of drug-likeness (QED) is 0.461. The largest absolute Gasteiger partial charge is 0.372 e. The van der Waals surface area contributed by atoms with Crippen molar-refractivity contribution in [1.82, 2.24) is 5.32 Å². The van der Waals surface area contributed by atoms with Crippen LogP contribution in [0.2, 0.25) is 10.0 Å². The summed E-state index contributed by atoms with van der Waals surface area (Å²) in [7, 11) is 0. The minimum absolute atomic E-state index is 0.0364. The fraction of sp³-hybridized carbons (Fsp3) is 0.333. The van der Waals surface area contributed by atoms with Gasteiger partial charge in [-0.15, -0.1) is 0 Å². The van der Waals surface area contributed by atoms with Crippen LogP contribution in [0.15, 0.2) is 42.5 Å². The predicted molar refractivity (Wildman–Crippen MR) is 117 cm³/mol. The highest BCUT2D eigenvalue weighted by Gasteiger charge is 2.39. The zero-order chi connectivity index (χ0) is 19.6. The van der Waals surface area contributed by atoms with Gasteiger partial charge in [0.25, 0.3) is 0 Å². The summed E-state index contributed by atoms with van der Waals surface area (Å²) in [5.74, 6) is 0.836. The molecule has 0 bridgehead atoms. The molecule has 2 aromatic carbocycles. The topological polar surface area (TPSA) is 41.1 Å². The molecule has 1 saturated heterocycles. The van der Waals surface area contributed by atoms with E-state index in [9.17, 15) is 4.79 Å². The lowest BCUT2D eigenvalue weighted by Gasteiger charge is -2.43. The van der Waals surface area contributed by atoms with Crippen LogP contribution in [0.5, 0.6) is 0 Å². The SMILES string of the molecule is CC(C)[C@H]1CC(=S)N[C@@H](c2cccc(Cl)c2)[C@H]1c1ccc(Cl)cc1NC=O. The van der Waals surface area contributed by atoms with E-state index in [1.807, 2.05) is 30.3 Å². The highest BCUT2D eigenvalue weighted by Crippen LogP contribution is 2.47. The molecular formula is C21H22Cl2N2OS. The molecule has 0 aromatic heterocycles. The van der Waals surface area contributed by atoms with Gasteiger partial charge in [0.15, 0.2) is 0 Å². The minimum Gasteiger partial charge on any atom is -0.372 e. The molecule has 0 aliphatic carbocycles. The maximum absolute atomic E-state index is 11.2. The lowest BCUT2D eigenvalue weighted by Crippen LogP contribution is -2.43. The van der Waals surface area contributed by atoms with Gasteiger partial charge in [-0.3, -0.25) is 4.79 Å². The molecular weight excluding hydrogens is 399 g/mol. The van der Waals surface area contributed by atoms with Crippen LogP contribution in [0, 0.1) is 11.8 Å².